The van der Waals surface area contributed by atoms with Crippen LogP contribution in [0.3, 0.4) is 0 Å². The van der Waals surface area contributed by atoms with Crippen molar-refractivity contribution in [2.75, 3.05) is 20.1 Å². The average molecular weight is 611 g/mol. The molecule has 0 aliphatic heterocycles. The van der Waals surface area contributed by atoms with Crippen LogP contribution >= 0.6 is 23.2 Å². The van der Waals surface area contributed by atoms with Gasteiger partial charge in [0.1, 0.15) is 5.75 Å². The van der Waals surface area contributed by atoms with Crippen molar-refractivity contribution in [2.24, 2.45) is 0 Å². The van der Waals surface area contributed by atoms with E-state index < -0.39 is 24.0 Å². The highest BCUT2D eigenvalue weighted by atomic mass is 35.5. The lowest BCUT2D eigenvalue weighted by Crippen LogP contribution is -2.38. The van der Waals surface area contributed by atoms with E-state index in [-0.39, 0.29) is 30.9 Å². The smallest absolute Gasteiger partial charge is 0.453 e. The molecule has 0 bridgehead atoms. The number of carbonyl (C=O) groups excluding carboxylic acids is 1. The second-order valence-corrected chi connectivity index (χ2v) is 10.8. The van der Waals surface area contributed by atoms with Gasteiger partial charge in [-0.3, -0.25) is 9.59 Å². The number of nitrogens with zero attached hydrogens (tertiary/aromatic N) is 1. The van der Waals surface area contributed by atoms with Gasteiger partial charge in [0.15, 0.2) is 6.10 Å². The predicted octanol–water partition coefficient (Wildman–Crippen LogP) is 7.82. The van der Waals surface area contributed by atoms with Crippen molar-refractivity contribution >= 4 is 35.0 Å². The molecule has 5 nitrogen and oxygen atoms in total. The van der Waals surface area contributed by atoms with Crippen molar-refractivity contribution < 1.29 is 32.6 Å². The Kier molecular flexibility index (Phi) is 12.1. The number of ketones is 1. The fourth-order valence-electron chi connectivity index (χ4n) is 4.51. The number of Topliss-reactive ketones (excluding diaryl/α,β-unsaturated/α-hetero) is 1. The zero-order chi connectivity index (χ0) is 30.0. The quantitative estimate of drug-likeness (QED) is 0.190. The number of hydrogen-bond donors (Lipinski definition) is 1. The van der Waals surface area contributed by atoms with Crippen molar-refractivity contribution in [3.05, 3.63) is 99.5 Å². The predicted molar refractivity (Wildman–Crippen MR) is 154 cm³/mol. The Labute approximate surface area is 247 Å². The van der Waals surface area contributed by atoms with E-state index in [0.29, 0.717) is 10.0 Å². The number of halogens is 5. The van der Waals surface area contributed by atoms with E-state index in [1.54, 1.807) is 12.1 Å². The fourth-order valence-corrected chi connectivity index (χ4v) is 4.77. The standard InChI is InChI=1S/C31H32Cl2F3NO4/c1-37(20-27(22-9-13-24(32)14-10-22)23-11-15-25(33)16-12-23)19-3-4-21-7-17-26(18-8-21)41-28(5-2-6-29(38)39)30(40)31(34,35)36/h7-18,27-28H,2-6,19-20H2,1H3,(H,38,39). The molecular formula is C31H32Cl2F3NO4. The molecule has 10 heteroatoms. The van der Waals surface area contributed by atoms with Gasteiger partial charge in [0, 0.05) is 28.9 Å². The number of rotatable bonds is 15. The summed E-state index contributed by atoms with van der Waals surface area (Å²) in [5.41, 5.74) is 3.26. The van der Waals surface area contributed by atoms with E-state index >= 15 is 0 Å². The summed E-state index contributed by atoms with van der Waals surface area (Å²) >= 11 is 12.2. The van der Waals surface area contributed by atoms with E-state index in [0.717, 1.165) is 42.6 Å². The molecule has 41 heavy (non-hydrogen) atoms. The number of ether oxygens (including phenoxy) is 1. The minimum atomic E-state index is -5.07. The first kappa shape index (κ1) is 32.4. The molecule has 0 spiro atoms. The first-order valence-corrected chi connectivity index (χ1v) is 14.0. The van der Waals surface area contributed by atoms with E-state index in [2.05, 4.69) is 11.9 Å². The Morgan fingerprint density at radius 3 is 1.90 bits per heavy atom. The van der Waals surface area contributed by atoms with Crippen LogP contribution in [0.15, 0.2) is 72.8 Å². The van der Waals surface area contributed by atoms with E-state index in [1.165, 1.54) is 12.1 Å². The molecule has 3 aromatic carbocycles. The number of carbonyl (C=O) groups is 2. The van der Waals surface area contributed by atoms with Crippen molar-refractivity contribution in [3.8, 4) is 5.75 Å². The maximum absolute atomic E-state index is 13.0. The van der Waals surface area contributed by atoms with Crippen LogP contribution < -0.4 is 4.74 Å². The van der Waals surface area contributed by atoms with E-state index in [9.17, 15) is 22.8 Å². The van der Waals surface area contributed by atoms with Crippen LogP contribution in [0.1, 0.15) is 48.3 Å². The summed E-state index contributed by atoms with van der Waals surface area (Å²) in [4.78, 5) is 24.8. The van der Waals surface area contributed by atoms with Gasteiger partial charge in [-0.05, 0) is 92.4 Å². The van der Waals surface area contributed by atoms with Gasteiger partial charge < -0.3 is 14.7 Å². The molecule has 1 unspecified atom stereocenters. The Hall–Kier alpha value is -3.07. The zero-order valence-corrected chi connectivity index (χ0v) is 24.1. The molecule has 0 radical (unpaired) electrons. The van der Waals surface area contributed by atoms with Gasteiger partial charge in [0.05, 0.1) is 0 Å². The number of carboxylic acid groups (broad SMARTS) is 1. The van der Waals surface area contributed by atoms with Crippen LogP contribution in [0.2, 0.25) is 10.0 Å². The average Bonchev–Trinajstić information content (AvgIpc) is 2.92. The Bertz CT molecular complexity index is 1220. The van der Waals surface area contributed by atoms with Gasteiger partial charge in [-0.15, -0.1) is 0 Å². The topological polar surface area (TPSA) is 66.8 Å². The van der Waals surface area contributed by atoms with Gasteiger partial charge in [0.25, 0.3) is 5.78 Å². The molecule has 0 aromatic heterocycles. The van der Waals surface area contributed by atoms with Gasteiger partial charge in [-0.2, -0.15) is 13.2 Å². The highest BCUT2D eigenvalue weighted by molar-refractivity contribution is 6.30. The lowest BCUT2D eigenvalue weighted by atomic mass is 9.91. The van der Waals surface area contributed by atoms with Crippen LogP contribution in [-0.4, -0.2) is 54.2 Å². The maximum atomic E-state index is 13.0. The highest BCUT2D eigenvalue weighted by Gasteiger charge is 2.44. The van der Waals surface area contributed by atoms with E-state index in [4.69, 9.17) is 33.0 Å². The van der Waals surface area contributed by atoms with Crippen molar-refractivity contribution in [3.63, 3.8) is 0 Å². The monoisotopic (exact) mass is 609 g/mol. The molecule has 3 rings (SSSR count). The first-order valence-electron chi connectivity index (χ1n) is 13.2. The van der Waals surface area contributed by atoms with Gasteiger partial charge in [-0.1, -0.05) is 59.6 Å². The summed E-state index contributed by atoms with van der Waals surface area (Å²) < 4.78 is 44.3. The third-order valence-corrected chi connectivity index (χ3v) is 7.18. The van der Waals surface area contributed by atoms with Crippen LogP contribution in [0, 0.1) is 0 Å². The molecule has 0 saturated carbocycles. The molecule has 1 N–H and O–H groups in total. The molecule has 0 aliphatic carbocycles. The second kappa shape index (κ2) is 15.2. The molecule has 0 fully saturated rings. The molecule has 1 atom stereocenters. The van der Waals surface area contributed by atoms with Crippen LogP contribution in [0.25, 0.3) is 0 Å². The number of alkyl halides is 3. The number of hydrogen-bond acceptors (Lipinski definition) is 4. The summed E-state index contributed by atoms with van der Waals surface area (Å²) in [5.74, 6) is -2.93. The minimum absolute atomic E-state index is 0.107. The van der Waals surface area contributed by atoms with Crippen LogP contribution in [0.4, 0.5) is 13.2 Å². The first-order chi connectivity index (χ1) is 19.4. The maximum Gasteiger partial charge on any atom is 0.453 e. The summed E-state index contributed by atoms with van der Waals surface area (Å²) in [7, 11) is 2.05. The normalized spacial score (nSPS) is 12.5. The third-order valence-electron chi connectivity index (χ3n) is 6.67. The summed E-state index contributed by atoms with van der Waals surface area (Å²) in [6, 6.07) is 22.2. The second-order valence-electron chi connectivity index (χ2n) is 9.92. The SMILES string of the molecule is CN(CCCc1ccc(OC(CCCC(=O)O)C(=O)C(F)(F)F)cc1)CC(c1ccc(Cl)cc1)c1ccc(Cl)cc1. The summed E-state index contributed by atoms with van der Waals surface area (Å²) in [5, 5.41) is 10.1. The lowest BCUT2D eigenvalue weighted by molar-refractivity contribution is -0.178. The molecular weight excluding hydrogens is 578 g/mol. The van der Waals surface area contributed by atoms with Gasteiger partial charge >= 0.3 is 12.1 Å². The van der Waals surface area contributed by atoms with Crippen LogP contribution in [0.5, 0.6) is 5.75 Å². The summed E-state index contributed by atoms with van der Waals surface area (Å²) in [6.07, 6.45) is -6.08. The van der Waals surface area contributed by atoms with E-state index in [1.807, 2.05) is 48.5 Å². The summed E-state index contributed by atoms with van der Waals surface area (Å²) in [6.45, 7) is 1.58. The number of aliphatic carboxylic acids is 1. The van der Waals surface area contributed by atoms with Crippen molar-refractivity contribution in [1.82, 2.24) is 4.90 Å². The number of benzene rings is 3. The Morgan fingerprint density at radius 2 is 1.41 bits per heavy atom. The highest BCUT2D eigenvalue weighted by Crippen LogP contribution is 2.28. The number of carboxylic acids is 1. The molecule has 220 valence electrons. The third kappa shape index (κ3) is 10.7. The molecule has 0 saturated heterocycles. The molecule has 0 aliphatic rings. The minimum Gasteiger partial charge on any atom is -0.482 e. The van der Waals surface area contributed by atoms with Crippen molar-refractivity contribution in [1.29, 1.82) is 0 Å². The number of likely N-dealkylation sites (N-methyl/N-ethyl adjacent to an activating group) is 1. The number of aryl methyl sites for hydroxylation is 1. The molecule has 3 aromatic rings. The zero-order valence-electron chi connectivity index (χ0n) is 22.5. The lowest BCUT2D eigenvalue weighted by Gasteiger charge is -2.25. The Morgan fingerprint density at radius 1 is 0.878 bits per heavy atom. The molecule has 0 amide bonds. The van der Waals surface area contributed by atoms with Crippen LogP contribution in [-0.2, 0) is 16.0 Å². The molecule has 0 heterocycles. The van der Waals surface area contributed by atoms with Crippen molar-refractivity contribution in [2.45, 2.75) is 50.3 Å². The largest absolute Gasteiger partial charge is 0.482 e. The van der Waals surface area contributed by atoms with Gasteiger partial charge in [-0.25, -0.2) is 0 Å². The van der Waals surface area contributed by atoms with Gasteiger partial charge in [0.2, 0.25) is 0 Å². The Balaban J connectivity index is 1.56. The fraction of sp³-hybridized carbons (Fsp3) is 0.355.